The molecular weight excluding hydrogens is 857 g/mol. The zero-order valence-corrected chi connectivity index (χ0v) is 34.9. The number of nitrogens with one attached hydrogen (secondary N) is 6. The number of benzene rings is 6. The minimum Gasteiger partial charge on any atom is -0.324 e. The Morgan fingerprint density at radius 3 is 0.875 bits per heavy atom. The Labute approximate surface area is 367 Å². The molecule has 0 aliphatic carbocycles. The Kier molecular flexibility index (Phi) is 13.0. The lowest BCUT2D eigenvalue weighted by Crippen LogP contribution is -2.16. The molecular formula is C44H36N12O6S2. The number of rotatable bonds is 18. The minimum atomic E-state index is -4.55. The van der Waals surface area contributed by atoms with Gasteiger partial charge in [0.15, 0.2) is 0 Å². The number of anilines is 10. The van der Waals surface area contributed by atoms with E-state index in [0.717, 1.165) is 0 Å². The minimum absolute atomic E-state index is 0.0993. The number of nitrogens with zero attached hydrogens (tertiary/aromatic N) is 6. The molecule has 0 amide bonds. The molecule has 0 saturated heterocycles. The van der Waals surface area contributed by atoms with Crippen molar-refractivity contribution in [2.75, 3.05) is 32.2 Å². The molecule has 0 radical (unpaired) electrons. The summed E-state index contributed by atoms with van der Waals surface area (Å²) in [5.41, 5.74) is 7.74. The van der Waals surface area contributed by atoms with Crippen LogP contribution in [-0.4, -0.2) is 46.7 Å². The van der Waals surface area contributed by atoms with E-state index in [1.54, 1.807) is 12.1 Å². The molecule has 6 aromatic carbocycles. The first-order valence-electron chi connectivity index (χ1n) is 19.2. The molecule has 8 rings (SSSR count). The predicted octanol–water partition coefficient (Wildman–Crippen LogP) is 8.67. The smallest absolute Gasteiger partial charge is 0.318 e. The fourth-order valence-corrected chi connectivity index (χ4v) is 7.70. The van der Waals surface area contributed by atoms with Crippen LogP contribution < -0.4 is 32.2 Å². The molecule has 0 aliphatic heterocycles. The van der Waals surface area contributed by atoms with Gasteiger partial charge in [0.25, 0.3) is 11.9 Å². The van der Waals surface area contributed by atoms with E-state index in [1.807, 2.05) is 121 Å². The molecule has 320 valence electrons. The van der Waals surface area contributed by atoms with Gasteiger partial charge in [-0.3, -0.25) is 0 Å². The summed E-state index contributed by atoms with van der Waals surface area (Å²) < 4.78 is 65.4. The van der Waals surface area contributed by atoms with Gasteiger partial charge in [-0.25, -0.2) is 11.0 Å². The summed E-state index contributed by atoms with van der Waals surface area (Å²) in [5, 5.41) is 12.3. The van der Waals surface area contributed by atoms with E-state index in [1.165, 1.54) is 48.6 Å². The number of para-hydroxylation sites is 4. The Bertz CT molecular complexity index is 2770. The van der Waals surface area contributed by atoms with E-state index in [0.29, 0.717) is 22.7 Å². The summed E-state index contributed by atoms with van der Waals surface area (Å²) in [5.74, 6) is -0.0461. The second-order valence-electron chi connectivity index (χ2n) is 13.3. The van der Waals surface area contributed by atoms with Gasteiger partial charge in [0, 0.05) is 22.7 Å². The number of hydrogen-bond acceptors (Lipinski definition) is 18. The summed E-state index contributed by atoms with van der Waals surface area (Å²) in [6, 6.07) is 48.5. The normalized spacial score (nSPS) is 11.4. The Morgan fingerprint density at radius 1 is 0.328 bits per heavy atom. The topological polar surface area (TPSA) is 236 Å². The molecule has 8 aromatic rings. The lowest BCUT2D eigenvalue weighted by Gasteiger charge is -2.12. The first-order chi connectivity index (χ1) is 31.1. The van der Waals surface area contributed by atoms with Gasteiger partial charge in [-0.1, -0.05) is 121 Å². The number of hydrogen-bond donors (Lipinski definition) is 6. The maximum atomic E-state index is 13.7. The highest BCUT2D eigenvalue weighted by Crippen LogP contribution is 2.26. The standard InChI is InChI=1S/C44H36N12O6S2/c57-63(58,61-55-43-51-39(45-33-19-5-1-6-20-33)49-40(52-43)46-34-21-7-2-8-22-34)37-27-15-13-17-31(37)29-30-32-18-14-16-28-38(32)64(59,60)62-56-44-53-41(47-35-23-9-3-10-24-35)50-42(54-44)48-36-25-11-4-12-26-36/h1-30H,(H3,45,46,49,51,52,55)(H3,47,48,50,53,54,56). The zero-order valence-electron chi connectivity index (χ0n) is 33.3. The monoisotopic (exact) mass is 892 g/mol. The third-order valence-corrected chi connectivity index (χ3v) is 11.1. The second-order valence-corrected chi connectivity index (χ2v) is 16.3. The molecule has 0 unspecified atom stereocenters. The second kappa shape index (κ2) is 19.6. The largest absolute Gasteiger partial charge is 0.324 e. The lowest BCUT2D eigenvalue weighted by molar-refractivity contribution is 0.385. The van der Waals surface area contributed by atoms with Crippen LogP contribution in [0.3, 0.4) is 0 Å². The van der Waals surface area contributed by atoms with Crippen LogP contribution in [0.5, 0.6) is 0 Å². The summed E-state index contributed by atoms with van der Waals surface area (Å²) in [7, 11) is -9.10. The third-order valence-electron chi connectivity index (χ3n) is 8.70. The lowest BCUT2D eigenvalue weighted by atomic mass is 10.1. The van der Waals surface area contributed by atoms with Gasteiger partial charge in [0.05, 0.1) is 0 Å². The molecule has 0 fully saturated rings. The van der Waals surface area contributed by atoms with Gasteiger partial charge < -0.3 is 21.3 Å². The highest BCUT2D eigenvalue weighted by molar-refractivity contribution is 7.87. The van der Waals surface area contributed by atoms with Crippen LogP contribution >= 0.6 is 0 Å². The van der Waals surface area contributed by atoms with Crippen molar-refractivity contribution in [3.63, 3.8) is 0 Å². The Balaban J connectivity index is 0.997. The van der Waals surface area contributed by atoms with Crippen LogP contribution in [0.4, 0.5) is 58.4 Å². The average Bonchev–Trinajstić information content (AvgIpc) is 3.31. The zero-order chi connectivity index (χ0) is 44.2. The highest BCUT2D eigenvalue weighted by Gasteiger charge is 2.23. The van der Waals surface area contributed by atoms with Crippen molar-refractivity contribution < 1.29 is 25.4 Å². The quantitative estimate of drug-likeness (QED) is 0.0349. The van der Waals surface area contributed by atoms with Gasteiger partial charge in [0.1, 0.15) is 9.79 Å². The van der Waals surface area contributed by atoms with Crippen molar-refractivity contribution >= 4 is 90.8 Å². The summed E-state index contributed by atoms with van der Waals surface area (Å²) >= 11 is 0. The molecule has 6 N–H and O–H groups in total. The first kappa shape index (κ1) is 42.4. The van der Waals surface area contributed by atoms with Crippen molar-refractivity contribution in [1.29, 1.82) is 0 Å². The maximum Gasteiger partial charge on any atom is 0.318 e. The van der Waals surface area contributed by atoms with Crippen molar-refractivity contribution in [1.82, 2.24) is 29.9 Å². The molecule has 0 spiro atoms. The molecule has 2 heterocycles. The highest BCUT2D eigenvalue weighted by atomic mass is 32.2. The van der Waals surface area contributed by atoms with Crippen LogP contribution in [0.25, 0.3) is 12.2 Å². The average molecular weight is 893 g/mol. The summed E-state index contributed by atoms with van der Waals surface area (Å²) in [6.07, 6.45) is 2.86. The molecule has 18 nitrogen and oxygen atoms in total. The SMILES string of the molecule is O=S(=O)(ONc1nc(Nc2ccccc2)nc(Nc2ccccc2)n1)c1ccccc1C=Cc1ccccc1S(=O)(=O)ONc1nc(Nc2ccccc2)nc(Nc2ccccc2)n1. The molecule has 0 atom stereocenters. The number of aromatic nitrogens is 6. The van der Waals surface area contributed by atoms with Crippen molar-refractivity contribution in [2.24, 2.45) is 0 Å². The van der Waals surface area contributed by atoms with Gasteiger partial charge in [-0.15, -0.1) is 8.57 Å². The van der Waals surface area contributed by atoms with Crippen LogP contribution in [0.15, 0.2) is 180 Å². The van der Waals surface area contributed by atoms with Crippen LogP contribution in [-0.2, 0) is 28.8 Å². The third kappa shape index (κ3) is 11.3. The van der Waals surface area contributed by atoms with E-state index < -0.39 is 20.2 Å². The molecule has 64 heavy (non-hydrogen) atoms. The van der Waals surface area contributed by atoms with Crippen LogP contribution in [0, 0.1) is 0 Å². The van der Waals surface area contributed by atoms with Crippen LogP contribution in [0.1, 0.15) is 11.1 Å². The predicted molar refractivity (Wildman–Crippen MR) is 244 cm³/mol. The fraction of sp³-hybridized carbons (Fsp3) is 0. The van der Waals surface area contributed by atoms with E-state index in [9.17, 15) is 16.8 Å². The first-order valence-corrected chi connectivity index (χ1v) is 22.0. The van der Waals surface area contributed by atoms with Crippen molar-refractivity contribution in [3.05, 3.63) is 181 Å². The molecule has 0 saturated carbocycles. The Hall–Kier alpha value is -8.30. The molecule has 2 aromatic heterocycles. The molecule has 0 aliphatic rings. The van der Waals surface area contributed by atoms with Gasteiger partial charge in [-0.2, -0.15) is 46.7 Å². The summed E-state index contributed by atoms with van der Waals surface area (Å²) in [4.78, 5) is 25.5. The maximum absolute atomic E-state index is 13.7. The molecule has 0 bridgehead atoms. The van der Waals surface area contributed by atoms with Crippen molar-refractivity contribution in [3.8, 4) is 0 Å². The van der Waals surface area contributed by atoms with E-state index >= 15 is 0 Å². The fourth-order valence-electron chi connectivity index (χ4n) is 5.81. The van der Waals surface area contributed by atoms with Gasteiger partial charge >= 0.3 is 20.2 Å². The van der Waals surface area contributed by atoms with Gasteiger partial charge in [-0.05, 0) is 71.8 Å². The van der Waals surface area contributed by atoms with Crippen molar-refractivity contribution in [2.45, 2.75) is 9.79 Å². The van der Waals surface area contributed by atoms with Gasteiger partial charge in [0.2, 0.25) is 23.8 Å². The van der Waals surface area contributed by atoms with E-state index in [-0.39, 0.29) is 56.6 Å². The Morgan fingerprint density at radius 2 is 0.578 bits per heavy atom. The van der Waals surface area contributed by atoms with E-state index in [2.05, 4.69) is 62.1 Å². The van der Waals surface area contributed by atoms with E-state index in [4.69, 9.17) is 8.57 Å². The summed E-state index contributed by atoms with van der Waals surface area (Å²) in [6.45, 7) is 0. The molecule has 20 heteroatoms. The van der Waals surface area contributed by atoms with Crippen LogP contribution in [0.2, 0.25) is 0 Å².